The Labute approximate surface area is 147 Å². The van der Waals surface area contributed by atoms with Gasteiger partial charge < -0.3 is 15.0 Å². The Kier molecular flexibility index (Phi) is 5.03. The Bertz CT molecular complexity index is 754. The molecule has 0 radical (unpaired) electrons. The van der Waals surface area contributed by atoms with E-state index in [2.05, 4.69) is 5.32 Å². The predicted molar refractivity (Wildman–Crippen MR) is 96.3 cm³/mol. The second-order valence-electron chi connectivity index (χ2n) is 6.38. The summed E-state index contributed by atoms with van der Waals surface area (Å²) < 4.78 is 5.10. The van der Waals surface area contributed by atoms with Crippen LogP contribution in [0, 0.1) is 12.8 Å². The first kappa shape index (κ1) is 17.0. The number of rotatable bonds is 5. The first-order valence-corrected chi connectivity index (χ1v) is 8.33. The third kappa shape index (κ3) is 4.18. The second-order valence-corrected chi connectivity index (χ2v) is 6.38. The summed E-state index contributed by atoms with van der Waals surface area (Å²) >= 11 is 0. The van der Waals surface area contributed by atoms with Gasteiger partial charge in [0.25, 0.3) is 0 Å². The number of hydrogen-bond donors (Lipinski definition) is 1. The van der Waals surface area contributed by atoms with Gasteiger partial charge in [0.2, 0.25) is 11.8 Å². The fraction of sp³-hybridized carbons (Fsp3) is 0.300. The Balaban J connectivity index is 1.59. The number of hydrogen-bond acceptors (Lipinski definition) is 3. The van der Waals surface area contributed by atoms with Gasteiger partial charge in [-0.05, 0) is 36.8 Å². The van der Waals surface area contributed by atoms with Crippen LogP contribution >= 0.6 is 0 Å². The Morgan fingerprint density at radius 3 is 2.48 bits per heavy atom. The molecule has 1 aliphatic heterocycles. The molecule has 0 unspecified atom stereocenters. The molecule has 1 fully saturated rings. The van der Waals surface area contributed by atoms with Crippen molar-refractivity contribution in [3.63, 3.8) is 0 Å². The maximum atomic E-state index is 12.4. The molecule has 1 aliphatic rings. The standard InChI is InChI=1S/C20H22N2O3/c1-14-3-5-15(6-4-14)12-22-13-16(11-19(22)23)20(24)21-17-7-9-18(25-2)10-8-17/h3-10,16H,11-13H2,1-2H3,(H,21,24)/t16-/m0/s1. The lowest BCUT2D eigenvalue weighted by Gasteiger charge is -2.17. The number of ether oxygens (including phenoxy) is 1. The molecule has 1 atom stereocenters. The van der Waals surface area contributed by atoms with E-state index in [0.29, 0.717) is 18.8 Å². The maximum absolute atomic E-state index is 12.4. The number of benzene rings is 2. The van der Waals surface area contributed by atoms with E-state index in [0.717, 1.165) is 11.3 Å². The number of methoxy groups -OCH3 is 1. The van der Waals surface area contributed by atoms with E-state index >= 15 is 0 Å². The van der Waals surface area contributed by atoms with Crippen molar-refractivity contribution in [2.24, 2.45) is 5.92 Å². The van der Waals surface area contributed by atoms with E-state index in [1.807, 2.05) is 31.2 Å². The van der Waals surface area contributed by atoms with Gasteiger partial charge in [0.1, 0.15) is 5.75 Å². The molecule has 0 aromatic heterocycles. The van der Waals surface area contributed by atoms with Crippen molar-refractivity contribution in [2.45, 2.75) is 19.9 Å². The molecule has 2 amide bonds. The molecular formula is C20H22N2O3. The van der Waals surface area contributed by atoms with Crippen molar-refractivity contribution in [1.29, 1.82) is 0 Å². The van der Waals surface area contributed by atoms with Gasteiger partial charge in [0.15, 0.2) is 0 Å². The average Bonchev–Trinajstić information content (AvgIpc) is 2.98. The zero-order valence-electron chi connectivity index (χ0n) is 14.5. The highest BCUT2D eigenvalue weighted by molar-refractivity contribution is 5.97. The molecule has 0 spiro atoms. The van der Waals surface area contributed by atoms with Crippen LogP contribution in [0.3, 0.4) is 0 Å². The van der Waals surface area contributed by atoms with Crippen LogP contribution in [-0.4, -0.2) is 30.4 Å². The molecule has 5 nitrogen and oxygen atoms in total. The zero-order chi connectivity index (χ0) is 17.8. The monoisotopic (exact) mass is 338 g/mol. The maximum Gasteiger partial charge on any atom is 0.229 e. The van der Waals surface area contributed by atoms with Crippen LogP contribution in [-0.2, 0) is 16.1 Å². The summed E-state index contributed by atoms with van der Waals surface area (Å²) in [6.07, 6.45) is 0.258. The number of nitrogens with one attached hydrogen (secondary N) is 1. The van der Waals surface area contributed by atoms with Gasteiger partial charge in [0.05, 0.1) is 13.0 Å². The first-order valence-electron chi connectivity index (χ1n) is 8.33. The summed E-state index contributed by atoms with van der Waals surface area (Å²) in [6.45, 7) is 3.03. The summed E-state index contributed by atoms with van der Waals surface area (Å²) in [5.74, 6) is 0.318. The minimum Gasteiger partial charge on any atom is -0.497 e. The molecule has 1 saturated heterocycles. The third-order valence-corrected chi connectivity index (χ3v) is 4.44. The van der Waals surface area contributed by atoms with Crippen LogP contribution in [0.25, 0.3) is 0 Å². The van der Waals surface area contributed by atoms with Crippen LogP contribution in [0.15, 0.2) is 48.5 Å². The highest BCUT2D eigenvalue weighted by Crippen LogP contribution is 2.23. The Morgan fingerprint density at radius 1 is 1.16 bits per heavy atom. The SMILES string of the molecule is COc1ccc(NC(=O)[C@H]2CC(=O)N(Cc3ccc(C)cc3)C2)cc1. The molecular weight excluding hydrogens is 316 g/mol. The van der Waals surface area contributed by atoms with E-state index in [9.17, 15) is 9.59 Å². The van der Waals surface area contributed by atoms with Crippen LogP contribution in [0.2, 0.25) is 0 Å². The Morgan fingerprint density at radius 2 is 1.84 bits per heavy atom. The number of aryl methyl sites for hydroxylation is 1. The minimum absolute atomic E-state index is 0.0236. The summed E-state index contributed by atoms with van der Waals surface area (Å²) in [5.41, 5.74) is 2.97. The molecule has 5 heteroatoms. The number of likely N-dealkylation sites (tertiary alicyclic amines) is 1. The fourth-order valence-corrected chi connectivity index (χ4v) is 2.93. The normalized spacial score (nSPS) is 16.8. The van der Waals surface area contributed by atoms with E-state index in [4.69, 9.17) is 4.74 Å². The fourth-order valence-electron chi connectivity index (χ4n) is 2.93. The van der Waals surface area contributed by atoms with Crippen LogP contribution < -0.4 is 10.1 Å². The molecule has 25 heavy (non-hydrogen) atoms. The number of carbonyl (C=O) groups is 2. The van der Waals surface area contributed by atoms with Crippen LogP contribution in [0.5, 0.6) is 5.75 Å². The van der Waals surface area contributed by atoms with Gasteiger partial charge in [-0.1, -0.05) is 29.8 Å². The summed E-state index contributed by atoms with van der Waals surface area (Å²) in [5, 5.41) is 2.87. The molecule has 0 aliphatic carbocycles. The molecule has 2 aromatic carbocycles. The number of anilines is 1. The lowest BCUT2D eigenvalue weighted by atomic mass is 10.1. The molecule has 0 saturated carbocycles. The molecule has 2 aromatic rings. The lowest BCUT2D eigenvalue weighted by molar-refractivity contribution is -0.128. The summed E-state index contributed by atoms with van der Waals surface area (Å²) in [6, 6.07) is 15.3. The Hall–Kier alpha value is -2.82. The van der Waals surface area contributed by atoms with Gasteiger partial charge in [-0.3, -0.25) is 9.59 Å². The average molecular weight is 338 g/mol. The van der Waals surface area contributed by atoms with E-state index < -0.39 is 0 Å². The third-order valence-electron chi connectivity index (χ3n) is 4.44. The molecule has 1 N–H and O–H groups in total. The lowest BCUT2D eigenvalue weighted by Crippen LogP contribution is -2.28. The number of nitrogens with zero attached hydrogens (tertiary/aromatic N) is 1. The number of carbonyl (C=O) groups excluding carboxylic acids is 2. The summed E-state index contributed by atoms with van der Waals surface area (Å²) in [7, 11) is 1.60. The molecule has 3 rings (SSSR count). The highest BCUT2D eigenvalue weighted by Gasteiger charge is 2.34. The highest BCUT2D eigenvalue weighted by atomic mass is 16.5. The van der Waals surface area contributed by atoms with E-state index in [-0.39, 0.29) is 24.2 Å². The predicted octanol–water partition coefficient (Wildman–Crippen LogP) is 2.99. The number of amides is 2. The van der Waals surface area contributed by atoms with Crippen LogP contribution in [0.4, 0.5) is 5.69 Å². The first-order chi connectivity index (χ1) is 12.0. The molecule has 130 valence electrons. The quantitative estimate of drug-likeness (QED) is 0.912. The minimum atomic E-state index is -0.319. The van der Waals surface area contributed by atoms with Crippen molar-refractivity contribution in [1.82, 2.24) is 4.90 Å². The largest absolute Gasteiger partial charge is 0.497 e. The van der Waals surface area contributed by atoms with Gasteiger partial charge in [0, 0.05) is 25.2 Å². The van der Waals surface area contributed by atoms with Gasteiger partial charge in [-0.15, -0.1) is 0 Å². The van der Waals surface area contributed by atoms with Crippen LogP contribution in [0.1, 0.15) is 17.5 Å². The van der Waals surface area contributed by atoms with Gasteiger partial charge in [-0.25, -0.2) is 0 Å². The van der Waals surface area contributed by atoms with Crippen molar-refractivity contribution >= 4 is 17.5 Å². The van der Waals surface area contributed by atoms with Crippen molar-refractivity contribution < 1.29 is 14.3 Å². The van der Waals surface area contributed by atoms with E-state index in [1.165, 1.54) is 5.56 Å². The molecule has 0 bridgehead atoms. The zero-order valence-corrected chi connectivity index (χ0v) is 14.5. The van der Waals surface area contributed by atoms with Crippen molar-refractivity contribution in [2.75, 3.05) is 19.0 Å². The van der Waals surface area contributed by atoms with Gasteiger partial charge >= 0.3 is 0 Å². The summed E-state index contributed by atoms with van der Waals surface area (Å²) in [4.78, 5) is 26.4. The topological polar surface area (TPSA) is 58.6 Å². The second kappa shape index (κ2) is 7.38. The smallest absolute Gasteiger partial charge is 0.229 e. The van der Waals surface area contributed by atoms with Crippen molar-refractivity contribution in [3.05, 3.63) is 59.7 Å². The molecule has 1 heterocycles. The van der Waals surface area contributed by atoms with Crippen molar-refractivity contribution in [3.8, 4) is 5.75 Å². The van der Waals surface area contributed by atoms with E-state index in [1.54, 1.807) is 36.3 Å². The van der Waals surface area contributed by atoms with Gasteiger partial charge in [-0.2, -0.15) is 0 Å².